The van der Waals surface area contributed by atoms with Gasteiger partial charge < -0.3 is 14.2 Å². The molecule has 1 fully saturated rings. The Bertz CT molecular complexity index is 996. The summed E-state index contributed by atoms with van der Waals surface area (Å²) >= 11 is 0. The van der Waals surface area contributed by atoms with Crippen molar-refractivity contribution in [1.82, 2.24) is 10.1 Å². The molecule has 6 heteroatoms. The van der Waals surface area contributed by atoms with Gasteiger partial charge in [0.2, 0.25) is 17.6 Å². The fraction of sp³-hybridized carbons (Fsp3) is 0.286. The van der Waals surface area contributed by atoms with Crippen molar-refractivity contribution in [1.29, 1.82) is 0 Å². The zero-order chi connectivity index (χ0) is 19.0. The lowest BCUT2D eigenvalue weighted by Crippen LogP contribution is -2.25. The van der Waals surface area contributed by atoms with E-state index in [0.717, 1.165) is 28.1 Å². The molecular weight excluding hydrogens is 342 g/mol. The van der Waals surface area contributed by atoms with Crippen LogP contribution >= 0.6 is 0 Å². The third-order valence-corrected chi connectivity index (χ3v) is 5.01. The van der Waals surface area contributed by atoms with Gasteiger partial charge in [0.25, 0.3) is 0 Å². The molecule has 1 saturated heterocycles. The lowest BCUT2D eigenvalue weighted by molar-refractivity contribution is -0.117. The SMILES string of the molecule is COc1ccc(C)c(N2CC(c3nc(-c4ccccc4C)no3)CC2=O)c1. The highest BCUT2D eigenvalue weighted by atomic mass is 16.5. The summed E-state index contributed by atoms with van der Waals surface area (Å²) in [5, 5.41) is 4.12. The van der Waals surface area contributed by atoms with Crippen LogP contribution in [-0.4, -0.2) is 29.7 Å². The van der Waals surface area contributed by atoms with E-state index in [4.69, 9.17) is 9.26 Å². The lowest BCUT2D eigenvalue weighted by atomic mass is 10.1. The van der Waals surface area contributed by atoms with Crippen molar-refractivity contribution in [2.75, 3.05) is 18.6 Å². The van der Waals surface area contributed by atoms with Crippen LogP contribution in [-0.2, 0) is 4.79 Å². The number of amides is 1. The fourth-order valence-corrected chi connectivity index (χ4v) is 3.45. The summed E-state index contributed by atoms with van der Waals surface area (Å²) in [6, 6.07) is 13.6. The Morgan fingerprint density at radius 3 is 2.74 bits per heavy atom. The molecule has 0 N–H and O–H groups in total. The minimum Gasteiger partial charge on any atom is -0.497 e. The van der Waals surface area contributed by atoms with Gasteiger partial charge in [0.15, 0.2) is 0 Å². The topological polar surface area (TPSA) is 68.5 Å². The smallest absolute Gasteiger partial charge is 0.232 e. The Kier molecular flexibility index (Phi) is 4.39. The van der Waals surface area contributed by atoms with E-state index in [0.29, 0.717) is 24.7 Å². The zero-order valence-electron chi connectivity index (χ0n) is 15.6. The first-order chi connectivity index (χ1) is 13.1. The number of hydrogen-bond donors (Lipinski definition) is 0. The van der Waals surface area contributed by atoms with Gasteiger partial charge in [-0.15, -0.1) is 0 Å². The number of anilines is 1. The molecule has 0 bridgehead atoms. The quantitative estimate of drug-likeness (QED) is 0.703. The van der Waals surface area contributed by atoms with Crippen LogP contribution in [0.1, 0.15) is 29.4 Å². The molecule has 1 unspecified atom stereocenters. The number of aryl methyl sites for hydroxylation is 2. The van der Waals surface area contributed by atoms with Gasteiger partial charge in [0.1, 0.15) is 5.75 Å². The summed E-state index contributed by atoms with van der Waals surface area (Å²) in [6.07, 6.45) is 0.353. The van der Waals surface area contributed by atoms with Gasteiger partial charge in [-0.05, 0) is 31.0 Å². The summed E-state index contributed by atoms with van der Waals surface area (Å²) < 4.78 is 10.8. The van der Waals surface area contributed by atoms with Gasteiger partial charge >= 0.3 is 0 Å². The molecule has 0 spiro atoms. The standard InChI is InChI=1S/C21H21N3O3/c1-13-6-4-5-7-17(13)20-22-21(27-23-20)15-10-19(25)24(12-15)18-11-16(26-3)9-8-14(18)2/h4-9,11,15H,10,12H2,1-3H3. The largest absolute Gasteiger partial charge is 0.497 e. The van der Waals surface area contributed by atoms with Crippen LogP contribution in [0.25, 0.3) is 11.4 Å². The molecule has 3 aromatic rings. The first kappa shape index (κ1) is 17.3. The van der Waals surface area contributed by atoms with Crippen LogP contribution in [0.3, 0.4) is 0 Å². The molecule has 0 aliphatic carbocycles. The number of benzene rings is 2. The number of carbonyl (C=O) groups excluding carboxylic acids is 1. The molecule has 1 amide bonds. The Hall–Kier alpha value is -3.15. The van der Waals surface area contributed by atoms with E-state index in [1.165, 1.54) is 0 Å². The summed E-state index contributed by atoms with van der Waals surface area (Å²) in [6.45, 7) is 4.51. The number of nitrogens with zero attached hydrogens (tertiary/aromatic N) is 3. The first-order valence-electron chi connectivity index (χ1n) is 8.91. The average Bonchev–Trinajstić information content (AvgIpc) is 3.29. The van der Waals surface area contributed by atoms with Crippen molar-refractivity contribution < 1.29 is 14.1 Å². The van der Waals surface area contributed by atoms with Gasteiger partial charge in [0.05, 0.1) is 18.7 Å². The van der Waals surface area contributed by atoms with E-state index >= 15 is 0 Å². The Morgan fingerprint density at radius 1 is 1.15 bits per heavy atom. The fourth-order valence-electron chi connectivity index (χ4n) is 3.45. The Labute approximate surface area is 157 Å². The molecule has 0 radical (unpaired) electrons. The second-order valence-corrected chi connectivity index (χ2v) is 6.83. The van der Waals surface area contributed by atoms with Gasteiger partial charge in [-0.3, -0.25) is 4.79 Å². The maximum atomic E-state index is 12.6. The number of ether oxygens (including phenoxy) is 1. The molecule has 2 heterocycles. The number of methoxy groups -OCH3 is 1. The zero-order valence-corrected chi connectivity index (χ0v) is 15.6. The highest BCUT2D eigenvalue weighted by molar-refractivity contribution is 5.97. The Morgan fingerprint density at radius 2 is 1.96 bits per heavy atom. The molecule has 138 valence electrons. The van der Waals surface area contributed by atoms with Crippen molar-refractivity contribution in [2.45, 2.75) is 26.2 Å². The minimum atomic E-state index is -0.117. The minimum absolute atomic E-state index is 0.0481. The van der Waals surface area contributed by atoms with E-state index < -0.39 is 0 Å². The summed E-state index contributed by atoms with van der Waals surface area (Å²) in [7, 11) is 1.62. The van der Waals surface area contributed by atoms with Crippen molar-refractivity contribution in [3.63, 3.8) is 0 Å². The van der Waals surface area contributed by atoms with Crippen LogP contribution in [0, 0.1) is 13.8 Å². The molecular formula is C21H21N3O3. The van der Waals surface area contributed by atoms with E-state index in [1.807, 2.05) is 56.3 Å². The maximum absolute atomic E-state index is 12.6. The first-order valence-corrected chi connectivity index (χ1v) is 8.91. The van der Waals surface area contributed by atoms with Crippen molar-refractivity contribution in [3.8, 4) is 17.1 Å². The van der Waals surface area contributed by atoms with Gasteiger partial charge in [-0.25, -0.2) is 0 Å². The normalized spacial score (nSPS) is 16.8. The molecule has 1 aliphatic heterocycles. The predicted octanol–water partition coefficient (Wildman–Crippen LogP) is 3.88. The lowest BCUT2D eigenvalue weighted by Gasteiger charge is -2.19. The molecule has 6 nitrogen and oxygen atoms in total. The number of rotatable bonds is 4. The predicted molar refractivity (Wildman–Crippen MR) is 102 cm³/mol. The molecule has 1 aliphatic rings. The number of aromatic nitrogens is 2. The van der Waals surface area contributed by atoms with E-state index in [1.54, 1.807) is 12.0 Å². The van der Waals surface area contributed by atoms with Crippen molar-refractivity contribution in [2.24, 2.45) is 0 Å². The highest BCUT2D eigenvalue weighted by Crippen LogP contribution is 2.35. The van der Waals surface area contributed by atoms with Crippen LogP contribution in [0.5, 0.6) is 5.75 Å². The summed E-state index contributed by atoms with van der Waals surface area (Å²) in [4.78, 5) is 19.0. The number of hydrogen-bond acceptors (Lipinski definition) is 5. The van der Waals surface area contributed by atoms with E-state index in [9.17, 15) is 4.79 Å². The van der Waals surface area contributed by atoms with Crippen molar-refractivity contribution >= 4 is 11.6 Å². The second-order valence-electron chi connectivity index (χ2n) is 6.83. The molecule has 1 aromatic heterocycles. The molecule has 2 aromatic carbocycles. The van der Waals surface area contributed by atoms with E-state index in [2.05, 4.69) is 10.1 Å². The second kappa shape index (κ2) is 6.87. The van der Waals surface area contributed by atoms with Crippen LogP contribution in [0.15, 0.2) is 47.0 Å². The monoisotopic (exact) mass is 363 g/mol. The third-order valence-electron chi connectivity index (χ3n) is 5.01. The van der Waals surface area contributed by atoms with Crippen LogP contribution < -0.4 is 9.64 Å². The molecule has 0 saturated carbocycles. The maximum Gasteiger partial charge on any atom is 0.232 e. The van der Waals surface area contributed by atoms with Crippen LogP contribution in [0.2, 0.25) is 0 Å². The van der Waals surface area contributed by atoms with E-state index in [-0.39, 0.29) is 11.8 Å². The molecule has 4 rings (SSSR count). The number of carbonyl (C=O) groups is 1. The summed E-state index contributed by atoms with van der Waals surface area (Å²) in [5.41, 5.74) is 3.91. The van der Waals surface area contributed by atoms with Crippen molar-refractivity contribution in [3.05, 3.63) is 59.5 Å². The molecule has 27 heavy (non-hydrogen) atoms. The van der Waals surface area contributed by atoms with Crippen LogP contribution in [0.4, 0.5) is 5.69 Å². The van der Waals surface area contributed by atoms with Gasteiger partial charge in [-0.2, -0.15) is 4.98 Å². The average molecular weight is 363 g/mol. The van der Waals surface area contributed by atoms with Gasteiger partial charge in [-0.1, -0.05) is 35.5 Å². The third kappa shape index (κ3) is 3.18. The Balaban J connectivity index is 1.59. The highest BCUT2D eigenvalue weighted by Gasteiger charge is 2.36. The summed E-state index contributed by atoms with van der Waals surface area (Å²) in [5.74, 6) is 1.73. The van der Waals surface area contributed by atoms with Gasteiger partial charge in [0, 0.05) is 24.6 Å². The molecule has 1 atom stereocenters.